The second kappa shape index (κ2) is 10.1. The van der Waals surface area contributed by atoms with Crippen LogP contribution < -0.4 is 0 Å². The van der Waals surface area contributed by atoms with Gasteiger partial charge in [0.15, 0.2) is 0 Å². The zero-order valence-electron chi connectivity index (χ0n) is 14.8. The monoisotopic (exact) mass is 332 g/mol. The highest BCUT2D eigenvalue weighted by atomic mass is 16.5. The molecule has 0 fully saturated rings. The van der Waals surface area contributed by atoms with Crippen LogP contribution in [0.3, 0.4) is 0 Å². The van der Waals surface area contributed by atoms with E-state index in [0.29, 0.717) is 6.61 Å². The van der Waals surface area contributed by atoms with E-state index < -0.39 is 0 Å². The lowest BCUT2D eigenvalue weighted by atomic mass is 9.97. The topological polar surface area (TPSA) is 26.3 Å². The fraction of sp³-hybridized carbons (Fsp3) is 0.174. The Kier molecular flexibility index (Phi) is 7.45. The minimum Gasteiger partial charge on any atom is -0.463 e. The fourth-order valence-corrected chi connectivity index (χ4v) is 2.51. The maximum atomic E-state index is 11.5. The van der Waals surface area contributed by atoms with Gasteiger partial charge < -0.3 is 4.74 Å². The quantitative estimate of drug-likeness (QED) is 0.370. The number of hydrogen-bond donors (Lipinski definition) is 0. The molecule has 128 valence electrons. The predicted octanol–water partition coefficient (Wildman–Crippen LogP) is 5.68. The van der Waals surface area contributed by atoms with E-state index in [4.69, 9.17) is 4.74 Å². The maximum Gasteiger partial charge on any atom is 0.330 e. The molecule has 0 amide bonds. The summed E-state index contributed by atoms with van der Waals surface area (Å²) in [5.74, 6) is -0.325. The summed E-state index contributed by atoms with van der Waals surface area (Å²) >= 11 is 0. The molecule has 0 aromatic heterocycles. The van der Waals surface area contributed by atoms with Gasteiger partial charge in [-0.05, 0) is 35.6 Å². The number of carbonyl (C=O) groups is 1. The third-order valence-electron chi connectivity index (χ3n) is 3.76. The Morgan fingerprint density at radius 1 is 0.920 bits per heavy atom. The van der Waals surface area contributed by atoms with Crippen molar-refractivity contribution in [1.29, 1.82) is 0 Å². The van der Waals surface area contributed by atoms with Gasteiger partial charge in [-0.1, -0.05) is 85.8 Å². The average Bonchev–Trinajstić information content (AvgIpc) is 2.66. The zero-order chi connectivity index (χ0) is 17.9. The summed E-state index contributed by atoms with van der Waals surface area (Å²) in [6.07, 6.45) is 8.25. The normalized spacial score (nSPS) is 12.4. The molecule has 0 unspecified atom stereocenters. The second-order valence-electron chi connectivity index (χ2n) is 5.49. The molecular formula is C23H24O2. The summed E-state index contributed by atoms with van der Waals surface area (Å²) in [6.45, 7) is 4.33. The molecule has 0 spiro atoms. The van der Waals surface area contributed by atoms with Crippen LogP contribution in [0.15, 0.2) is 85.0 Å². The van der Waals surface area contributed by atoms with Crippen molar-refractivity contribution in [2.75, 3.05) is 6.61 Å². The molecule has 0 atom stereocenters. The summed E-state index contributed by atoms with van der Waals surface area (Å²) in [6, 6.07) is 20.5. The van der Waals surface area contributed by atoms with Crippen LogP contribution in [0, 0.1) is 0 Å². The Morgan fingerprint density at radius 2 is 1.52 bits per heavy atom. The van der Waals surface area contributed by atoms with E-state index in [0.717, 1.165) is 17.6 Å². The van der Waals surface area contributed by atoms with Gasteiger partial charge in [-0.3, -0.25) is 0 Å². The average molecular weight is 332 g/mol. The molecule has 25 heavy (non-hydrogen) atoms. The SMILES string of the molecule is CCOC(=O)/C=C/C=C(\C=C(/CC)c1ccccc1)c1ccccc1. The predicted molar refractivity (Wildman–Crippen MR) is 105 cm³/mol. The van der Waals surface area contributed by atoms with E-state index in [-0.39, 0.29) is 5.97 Å². The second-order valence-corrected chi connectivity index (χ2v) is 5.49. The molecule has 2 aromatic carbocycles. The Hall–Kier alpha value is -2.87. The number of benzene rings is 2. The molecule has 0 saturated heterocycles. The standard InChI is InChI=1S/C23H24O2/c1-3-19(20-12-7-5-8-13-20)18-22(21-14-9-6-10-15-21)16-11-17-23(24)25-4-2/h5-18H,3-4H2,1-2H3/b17-11+,19-18+,22-16+. The van der Waals surface area contributed by atoms with Crippen molar-refractivity contribution in [2.45, 2.75) is 20.3 Å². The molecule has 0 heterocycles. The van der Waals surface area contributed by atoms with Gasteiger partial charge in [0.05, 0.1) is 6.61 Å². The zero-order valence-corrected chi connectivity index (χ0v) is 14.8. The smallest absolute Gasteiger partial charge is 0.330 e. The Bertz CT molecular complexity index is 753. The highest BCUT2D eigenvalue weighted by molar-refractivity contribution is 5.86. The van der Waals surface area contributed by atoms with Crippen LogP contribution in [-0.2, 0) is 9.53 Å². The highest BCUT2D eigenvalue weighted by Gasteiger charge is 2.03. The first-order chi connectivity index (χ1) is 12.2. The third-order valence-corrected chi connectivity index (χ3v) is 3.76. The van der Waals surface area contributed by atoms with E-state index in [9.17, 15) is 4.79 Å². The van der Waals surface area contributed by atoms with Gasteiger partial charge in [-0.15, -0.1) is 0 Å². The van der Waals surface area contributed by atoms with Crippen molar-refractivity contribution >= 4 is 17.1 Å². The third kappa shape index (κ3) is 5.92. The summed E-state index contributed by atoms with van der Waals surface area (Å²) in [4.78, 5) is 11.5. The summed E-state index contributed by atoms with van der Waals surface area (Å²) in [7, 11) is 0. The summed E-state index contributed by atoms with van der Waals surface area (Å²) in [5, 5.41) is 0. The number of hydrogen-bond acceptors (Lipinski definition) is 2. The molecule has 0 N–H and O–H groups in total. The Morgan fingerprint density at radius 3 is 2.08 bits per heavy atom. The highest BCUT2D eigenvalue weighted by Crippen LogP contribution is 2.24. The van der Waals surface area contributed by atoms with Gasteiger partial charge in [-0.2, -0.15) is 0 Å². The van der Waals surface area contributed by atoms with E-state index in [2.05, 4.69) is 37.3 Å². The molecule has 0 aliphatic carbocycles. The first-order valence-electron chi connectivity index (χ1n) is 8.61. The lowest BCUT2D eigenvalue weighted by Crippen LogP contribution is -1.98. The van der Waals surface area contributed by atoms with E-state index >= 15 is 0 Å². The molecule has 0 radical (unpaired) electrons. The lowest BCUT2D eigenvalue weighted by Gasteiger charge is -2.08. The number of ether oxygens (including phenoxy) is 1. The summed E-state index contributed by atoms with van der Waals surface area (Å²) in [5.41, 5.74) is 4.63. The number of rotatable bonds is 7. The molecule has 2 rings (SSSR count). The van der Waals surface area contributed by atoms with E-state index in [1.54, 1.807) is 13.0 Å². The first-order valence-corrected chi connectivity index (χ1v) is 8.61. The van der Waals surface area contributed by atoms with Gasteiger partial charge in [0.1, 0.15) is 0 Å². The van der Waals surface area contributed by atoms with E-state index in [1.165, 1.54) is 17.2 Å². The van der Waals surface area contributed by atoms with Gasteiger partial charge in [0.2, 0.25) is 0 Å². The number of allylic oxidation sites excluding steroid dienone is 5. The molecule has 0 aliphatic heterocycles. The van der Waals surface area contributed by atoms with Crippen LogP contribution in [-0.4, -0.2) is 12.6 Å². The van der Waals surface area contributed by atoms with Crippen molar-refractivity contribution in [1.82, 2.24) is 0 Å². The number of esters is 1. The van der Waals surface area contributed by atoms with Crippen molar-refractivity contribution in [3.05, 3.63) is 96.1 Å². The molecule has 2 heteroatoms. The minimum absolute atomic E-state index is 0.325. The van der Waals surface area contributed by atoms with Crippen LogP contribution in [0.2, 0.25) is 0 Å². The lowest BCUT2D eigenvalue weighted by molar-refractivity contribution is -0.137. The Balaban J connectivity index is 2.38. The van der Waals surface area contributed by atoms with Gasteiger partial charge in [-0.25, -0.2) is 4.79 Å². The van der Waals surface area contributed by atoms with Crippen LogP contribution in [0.5, 0.6) is 0 Å². The summed E-state index contributed by atoms with van der Waals surface area (Å²) < 4.78 is 4.93. The Labute approximate surface area is 150 Å². The molecule has 0 saturated carbocycles. The van der Waals surface area contributed by atoms with Crippen molar-refractivity contribution in [2.24, 2.45) is 0 Å². The molecule has 2 aromatic rings. The van der Waals surface area contributed by atoms with Gasteiger partial charge in [0.25, 0.3) is 0 Å². The minimum atomic E-state index is -0.325. The molecule has 2 nitrogen and oxygen atoms in total. The largest absolute Gasteiger partial charge is 0.463 e. The van der Waals surface area contributed by atoms with Gasteiger partial charge in [0, 0.05) is 6.08 Å². The fourth-order valence-electron chi connectivity index (χ4n) is 2.51. The molecule has 0 bridgehead atoms. The van der Waals surface area contributed by atoms with E-state index in [1.807, 2.05) is 42.5 Å². The van der Waals surface area contributed by atoms with Crippen molar-refractivity contribution < 1.29 is 9.53 Å². The number of carbonyl (C=O) groups excluding carboxylic acids is 1. The van der Waals surface area contributed by atoms with Crippen LogP contribution >= 0.6 is 0 Å². The van der Waals surface area contributed by atoms with Crippen LogP contribution in [0.1, 0.15) is 31.4 Å². The molecule has 0 aliphatic rings. The maximum absolute atomic E-state index is 11.5. The van der Waals surface area contributed by atoms with Gasteiger partial charge >= 0.3 is 5.97 Å². The van der Waals surface area contributed by atoms with Crippen LogP contribution in [0.25, 0.3) is 11.1 Å². The molecular weight excluding hydrogens is 308 g/mol. The van der Waals surface area contributed by atoms with Crippen LogP contribution in [0.4, 0.5) is 0 Å². The van der Waals surface area contributed by atoms with Crippen molar-refractivity contribution in [3.8, 4) is 0 Å². The first kappa shape index (κ1) is 18.5. The van der Waals surface area contributed by atoms with Crippen molar-refractivity contribution in [3.63, 3.8) is 0 Å².